The monoisotopic (exact) mass is 349 g/mol. The van der Waals surface area contributed by atoms with Crippen LogP contribution in [0.4, 0.5) is 0 Å². The second-order valence-corrected chi connectivity index (χ2v) is 6.55. The van der Waals surface area contributed by atoms with Crippen molar-refractivity contribution in [2.24, 2.45) is 0 Å². The van der Waals surface area contributed by atoms with Crippen molar-refractivity contribution in [1.82, 2.24) is 15.0 Å². The van der Waals surface area contributed by atoms with Crippen molar-refractivity contribution < 1.29 is 8.94 Å². The zero-order valence-electron chi connectivity index (χ0n) is 14.8. The lowest BCUT2D eigenvalue weighted by atomic mass is 10.2. The van der Waals surface area contributed by atoms with Gasteiger partial charge in [-0.2, -0.15) is 0 Å². The highest BCUT2D eigenvalue weighted by Crippen LogP contribution is 2.21. The molecular weight excluding hydrogens is 326 g/mol. The first-order valence-electron chi connectivity index (χ1n) is 9.02. The van der Waals surface area contributed by atoms with E-state index in [0.29, 0.717) is 5.76 Å². The van der Waals surface area contributed by atoms with Gasteiger partial charge in [-0.05, 0) is 17.7 Å². The number of nitrogens with zero attached hydrogens (tertiary/aromatic N) is 3. The number of furan rings is 1. The van der Waals surface area contributed by atoms with Crippen molar-refractivity contribution in [2.75, 3.05) is 32.7 Å². The molecule has 1 aliphatic rings. The van der Waals surface area contributed by atoms with Gasteiger partial charge in [0.2, 0.25) is 5.76 Å². The quantitative estimate of drug-likeness (QED) is 0.678. The minimum Gasteiger partial charge on any atom is -0.461 e. The molecule has 5 nitrogen and oxygen atoms in total. The average Bonchev–Trinajstić information content (AvgIpc) is 3.36. The number of benzene rings is 1. The van der Waals surface area contributed by atoms with Crippen LogP contribution < -0.4 is 0 Å². The first-order valence-corrected chi connectivity index (χ1v) is 9.02. The Labute approximate surface area is 153 Å². The molecule has 26 heavy (non-hydrogen) atoms. The van der Waals surface area contributed by atoms with Crippen LogP contribution in [0.3, 0.4) is 0 Å². The Morgan fingerprint density at radius 1 is 0.923 bits per heavy atom. The molecule has 1 saturated heterocycles. The van der Waals surface area contributed by atoms with Crippen LogP contribution in [0.25, 0.3) is 17.6 Å². The Bertz CT molecular complexity index is 816. The molecule has 0 bridgehead atoms. The highest BCUT2D eigenvalue weighted by molar-refractivity contribution is 5.49. The van der Waals surface area contributed by atoms with Crippen molar-refractivity contribution in [3.63, 3.8) is 0 Å². The van der Waals surface area contributed by atoms with E-state index in [1.807, 2.05) is 24.3 Å². The predicted molar refractivity (Wildman–Crippen MR) is 101 cm³/mol. The van der Waals surface area contributed by atoms with Gasteiger partial charge < -0.3 is 8.94 Å². The molecular formula is C21H23N3O2. The minimum absolute atomic E-state index is 0.690. The molecule has 3 aromatic rings. The summed E-state index contributed by atoms with van der Waals surface area (Å²) >= 11 is 0. The first-order chi connectivity index (χ1) is 12.9. The van der Waals surface area contributed by atoms with E-state index in [1.165, 1.54) is 5.56 Å². The fourth-order valence-corrected chi connectivity index (χ4v) is 3.18. The molecule has 0 unspecified atom stereocenters. The molecule has 3 heterocycles. The lowest BCUT2D eigenvalue weighted by Gasteiger charge is -2.33. The molecule has 0 amide bonds. The maximum absolute atomic E-state index is 5.38. The maximum atomic E-state index is 5.38. The largest absolute Gasteiger partial charge is 0.461 e. The van der Waals surface area contributed by atoms with E-state index in [1.54, 1.807) is 6.26 Å². The molecule has 4 rings (SSSR count). The van der Waals surface area contributed by atoms with Gasteiger partial charge in [0.25, 0.3) is 0 Å². The summed E-state index contributed by atoms with van der Waals surface area (Å²) in [5.41, 5.74) is 2.21. The molecule has 0 atom stereocenters. The van der Waals surface area contributed by atoms with Gasteiger partial charge in [-0.1, -0.05) is 47.6 Å². The van der Waals surface area contributed by atoms with Gasteiger partial charge >= 0.3 is 0 Å². The normalized spacial score (nSPS) is 16.5. The van der Waals surface area contributed by atoms with Gasteiger partial charge in [0.15, 0.2) is 5.76 Å². The molecule has 5 heteroatoms. The molecule has 1 fully saturated rings. The van der Waals surface area contributed by atoms with E-state index < -0.39 is 0 Å². The van der Waals surface area contributed by atoms with Crippen LogP contribution in [0.5, 0.6) is 0 Å². The Morgan fingerprint density at radius 2 is 1.73 bits per heavy atom. The predicted octanol–water partition coefficient (Wildman–Crippen LogP) is 3.77. The summed E-state index contributed by atoms with van der Waals surface area (Å²) < 4.78 is 10.7. The first kappa shape index (κ1) is 16.8. The molecule has 134 valence electrons. The summed E-state index contributed by atoms with van der Waals surface area (Å²) in [5.74, 6) is 1.41. The Balaban J connectivity index is 1.23. The fourth-order valence-electron chi connectivity index (χ4n) is 3.18. The van der Waals surface area contributed by atoms with Gasteiger partial charge in [0, 0.05) is 45.3 Å². The molecule has 0 N–H and O–H groups in total. The highest BCUT2D eigenvalue weighted by atomic mass is 16.5. The standard InChI is InChI=1S/C21H23N3O2/c1-2-6-18(7-3-1)8-4-10-23-11-13-24(14-12-23)17-19-16-21(26-22-19)20-9-5-15-25-20/h1-9,15-16H,10-14,17H2/b8-4+. The van der Waals surface area contributed by atoms with Crippen molar-refractivity contribution in [2.45, 2.75) is 6.54 Å². The second kappa shape index (κ2) is 8.17. The van der Waals surface area contributed by atoms with Crippen LogP contribution >= 0.6 is 0 Å². The van der Waals surface area contributed by atoms with Gasteiger partial charge in [0.05, 0.1) is 12.0 Å². The SMILES string of the molecule is C(=C\c1ccccc1)/CN1CCN(Cc2cc(-c3ccco3)on2)CC1. The summed E-state index contributed by atoms with van der Waals surface area (Å²) in [6.45, 7) is 6.04. The van der Waals surface area contributed by atoms with E-state index in [0.717, 1.165) is 50.7 Å². The second-order valence-electron chi connectivity index (χ2n) is 6.55. The molecule has 1 aliphatic heterocycles. The average molecular weight is 349 g/mol. The Morgan fingerprint density at radius 3 is 2.50 bits per heavy atom. The third-order valence-corrected chi connectivity index (χ3v) is 4.65. The highest BCUT2D eigenvalue weighted by Gasteiger charge is 2.18. The lowest BCUT2D eigenvalue weighted by Crippen LogP contribution is -2.45. The van der Waals surface area contributed by atoms with E-state index >= 15 is 0 Å². The summed E-state index contributed by atoms with van der Waals surface area (Å²) in [5, 5.41) is 4.17. The molecule has 0 saturated carbocycles. The molecule has 0 aliphatic carbocycles. The Kier molecular flexibility index (Phi) is 5.28. The number of aromatic nitrogens is 1. The number of rotatable bonds is 6. The number of hydrogen-bond donors (Lipinski definition) is 0. The van der Waals surface area contributed by atoms with Gasteiger partial charge in [0.1, 0.15) is 0 Å². The smallest absolute Gasteiger partial charge is 0.202 e. The summed E-state index contributed by atoms with van der Waals surface area (Å²) in [6.07, 6.45) is 6.08. The van der Waals surface area contributed by atoms with Crippen LogP contribution in [0.15, 0.2) is 69.8 Å². The molecule has 0 spiro atoms. The van der Waals surface area contributed by atoms with E-state index in [4.69, 9.17) is 8.94 Å². The number of piperazine rings is 1. The summed E-state index contributed by atoms with van der Waals surface area (Å²) in [6, 6.07) is 16.1. The number of hydrogen-bond acceptors (Lipinski definition) is 5. The van der Waals surface area contributed by atoms with Crippen molar-refractivity contribution >= 4 is 6.08 Å². The van der Waals surface area contributed by atoms with Crippen LogP contribution in [-0.2, 0) is 6.54 Å². The van der Waals surface area contributed by atoms with Crippen LogP contribution in [0, 0.1) is 0 Å². The van der Waals surface area contributed by atoms with Crippen molar-refractivity contribution in [1.29, 1.82) is 0 Å². The van der Waals surface area contributed by atoms with Crippen LogP contribution in [0.2, 0.25) is 0 Å². The maximum Gasteiger partial charge on any atom is 0.202 e. The van der Waals surface area contributed by atoms with Gasteiger partial charge in [-0.3, -0.25) is 9.80 Å². The van der Waals surface area contributed by atoms with E-state index in [9.17, 15) is 0 Å². The third kappa shape index (κ3) is 4.31. The van der Waals surface area contributed by atoms with E-state index in [2.05, 4.69) is 51.4 Å². The summed E-state index contributed by atoms with van der Waals surface area (Å²) in [4.78, 5) is 4.90. The minimum atomic E-state index is 0.690. The van der Waals surface area contributed by atoms with E-state index in [-0.39, 0.29) is 0 Å². The van der Waals surface area contributed by atoms with Gasteiger partial charge in [-0.15, -0.1) is 0 Å². The molecule has 0 radical (unpaired) electrons. The summed E-state index contributed by atoms with van der Waals surface area (Å²) in [7, 11) is 0. The van der Waals surface area contributed by atoms with Crippen LogP contribution in [-0.4, -0.2) is 47.7 Å². The molecule has 2 aromatic heterocycles. The fraction of sp³-hybridized carbons (Fsp3) is 0.286. The molecule has 1 aromatic carbocycles. The Hall–Kier alpha value is -2.63. The van der Waals surface area contributed by atoms with Crippen molar-refractivity contribution in [3.8, 4) is 11.5 Å². The topological polar surface area (TPSA) is 45.7 Å². The zero-order valence-corrected chi connectivity index (χ0v) is 14.8. The zero-order chi connectivity index (χ0) is 17.6. The lowest BCUT2D eigenvalue weighted by molar-refractivity contribution is 0.134. The van der Waals surface area contributed by atoms with Gasteiger partial charge in [-0.25, -0.2) is 0 Å². The third-order valence-electron chi connectivity index (χ3n) is 4.65. The van der Waals surface area contributed by atoms with Crippen molar-refractivity contribution in [3.05, 3.63) is 72.1 Å². The van der Waals surface area contributed by atoms with Crippen LogP contribution in [0.1, 0.15) is 11.3 Å².